The Morgan fingerprint density at radius 3 is 2.92 bits per heavy atom. The molecule has 2 aromatic rings. The Kier molecular flexibility index (Phi) is 2.02. The van der Waals surface area contributed by atoms with Crippen molar-refractivity contribution in [2.45, 2.75) is 13.0 Å². The van der Waals surface area contributed by atoms with E-state index in [1.54, 1.807) is 6.20 Å². The summed E-state index contributed by atoms with van der Waals surface area (Å²) in [6.45, 7) is 1.96. The predicted molar refractivity (Wildman–Crippen MR) is 55.9 cm³/mol. The first-order chi connectivity index (χ1) is 6.18. The number of nitrogens with one attached hydrogen (secondary N) is 1. The van der Waals surface area contributed by atoms with Crippen LogP contribution < -0.4 is 5.73 Å². The van der Waals surface area contributed by atoms with E-state index in [0.29, 0.717) is 0 Å². The molecule has 3 N–H and O–H groups in total. The minimum absolute atomic E-state index is 0.0616. The Morgan fingerprint density at radius 1 is 1.46 bits per heavy atom. The molecule has 0 fully saturated rings. The molecule has 1 unspecified atom stereocenters. The zero-order valence-electron chi connectivity index (χ0n) is 7.34. The molecule has 3 heteroatoms. The zero-order valence-corrected chi connectivity index (χ0v) is 8.10. The molecule has 2 rings (SSSR count). The van der Waals surface area contributed by atoms with E-state index in [9.17, 15) is 0 Å². The molecular weight excluding hydrogens is 184 g/mol. The molecule has 0 aliphatic rings. The van der Waals surface area contributed by atoms with Crippen LogP contribution in [-0.4, -0.2) is 4.98 Å². The smallest absolute Gasteiger partial charge is 0.0659 e. The SMILES string of the molecule is CC(N)c1ccc2c(Cl)c[nH]c2c1. The molecule has 0 aliphatic heterocycles. The standard InChI is InChI=1S/C10H11ClN2/c1-6(12)7-2-3-8-9(11)5-13-10(8)4-7/h2-6,13H,12H2,1H3. The number of hydrogen-bond donors (Lipinski definition) is 2. The van der Waals surface area contributed by atoms with E-state index in [1.165, 1.54) is 0 Å². The van der Waals surface area contributed by atoms with Crippen LogP contribution in [0.25, 0.3) is 10.9 Å². The Labute approximate surface area is 81.7 Å². The lowest BCUT2D eigenvalue weighted by atomic mass is 10.1. The van der Waals surface area contributed by atoms with E-state index >= 15 is 0 Å². The zero-order chi connectivity index (χ0) is 9.42. The third-order valence-electron chi connectivity index (χ3n) is 2.18. The molecule has 1 atom stereocenters. The van der Waals surface area contributed by atoms with E-state index in [-0.39, 0.29) is 6.04 Å². The summed E-state index contributed by atoms with van der Waals surface area (Å²) in [7, 11) is 0. The molecule has 0 spiro atoms. The molecule has 0 saturated heterocycles. The monoisotopic (exact) mass is 194 g/mol. The largest absolute Gasteiger partial charge is 0.360 e. The van der Waals surface area contributed by atoms with Gasteiger partial charge in [0, 0.05) is 23.1 Å². The van der Waals surface area contributed by atoms with Crippen LogP contribution in [0.4, 0.5) is 0 Å². The average molecular weight is 195 g/mol. The number of aromatic amines is 1. The van der Waals surface area contributed by atoms with Gasteiger partial charge in [-0.15, -0.1) is 0 Å². The maximum Gasteiger partial charge on any atom is 0.0659 e. The van der Waals surface area contributed by atoms with Gasteiger partial charge in [-0.05, 0) is 18.6 Å². The van der Waals surface area contributed by atoms with Gasteiger partial charge in [0.15, 0.2) is 0 Å². The first kappa shape index (κ1) is 8.60. The van der Waals surface area contributed by atoms with Crippen molar-refractivity contribution in [2.75, 3.05) is 0 Å². The number of H-pyrrole nitrogens is 1. The van der Waals surface area contributed by atoms with Crippen molar-refractivity contribution in [2.24, 2.45) is 5.73 Å². The van der Waals surface area contributed by atoms with Gasteiger partial charge in [-0.2, -0.15) is 0 Å². The number of nitrogens with two attached hydrogens (primary N) is 1. The topological polar surface area (TPSA) is 41.8 Å². The molecular formula is C10H11ClN2. The molecule has 1 aromatic carbocycles. The minimum atomic E-state index is 0.0616. The van der Waals surface area contributed by atoms with Crippen LogP contribution in [-0.2, 0) is 0 Å². The molecule has 0 bridgehead atoms. The van der Waals surface area contributed by atoms with E-state index in [4.69, 9.17) is 17.3 Å². The maximum absolute atomic E-state index is 5.94. The number of halogens is 1. The van der Waals surface area contributed by atoms with Gasteiger partial charge in [0.1, 0.15) is 0 Å². The summed E-state index contributed by atoms with van der Waals surface area (Å²) >= 11 is 5.94. The number of aromatic nitrogens is 1. The Balaban J connectivity index is 2.63. The van der Waals surface area contributed by atoms with Gasteiger partial charge in [-0.3, -0.25) is 0 Å². The van der Waals surface area contributed by atoms with Crippen LogP contribution in [0.2, 0.25) is 5.02 Å². The van der Waals surface area contributed by atoms with Gasteiger partial charge in [-0.25, -0.2) is 0 Å². The molecule has 1 aromatic heterocycles. The van der Waals surface area contributed by atoms with Crippen molar-refractivity contribution in [1.29, 1.82) is 0 Å². The summed E-state index contributed by atoms with van der Waals surface area (Å²) < 4.78 is 0. The number of fused-ring (bicyclic) bond motifs is 1. The summed E-state index contributed by atoms with van der Waals surface area (Å²) in [4.78, 5) is 3.10. The normalized spacial score (nSPS) is 13.5. The molecule has 2 nitrogen and oxygen atoms in total. The number of benzene rings is 1. The number of hydrogen-bond acceptors (Lipinski definition) is 1. The highest BCUT2D eigenvalue weighted by molar-refractivity contribution is 6.35. The van der Waals surface area contributed by atoms with Gasteiger partial charge in [0.25, 0.3) is 0 Å². The van der Waals surface area contributed by atoms with Crippen LogP contribution in [0.1, 0.15) is 18.5 Å². The molecule has 0 radical (unpaired) electrons. The lowest BCUT2D eigenvalue weighted by Crippen LogP contribution is -2.04. The van der Waals surface area contributed by atoms with Crippen LogP contribution in [0.3, 0.4) is 0 Å². The molecule has 1 heterocycles. The van der Waals surface area contributed by atoms with E-state index in [2.05, 4.69) is 4.98 Å². The quantitative estimate of drug-likeness (QED) is 0.720. The summed E-state index contributed by atoms with van der Waals surface area (Å²) in [6.07, 6.45) is 1.79. The highest BCUT2D eigenvalue weighted by atomic mass is 35.5. The van der Waals surface area contributed by atoms with Crippen LogP contribution in [0, 0.1) is 0 Å². The van der Waals surface area contributed by atoms with Gasteiger partial charge in [-0.1, -0.05) is 23.7 Å². The summed E-state index contributed by atoms with van der Waals surface area (Å²) in [6, 6.07) is 6.09. The second-order valence-electron chi connectivity index (χ2n) is 3.23. The third kappa shape index (κ3) is 1.43. The van der Waals surface area contributed by atoms with Gasteiger partial charge in [0.05, 0.1) is 5.02 Å². The van der Waals surface area contributed by atoms with Gasteiger partial charge < -0.3 is 10.7 Å². The minimum Gasteiger partial charge on any atom is -0.360 e. The number of rotatable bonds is 1. The van der Waals surface area contributed by atoms with Crippen LogP contribution in [0.5, 0.6) is 0 Å². The van der Waals surface area contributed by atoms with Crippen molar-refractivity contribution in [1.82, 2.24) is 4.98 Å². The van der Waals surface area contributed by atoms with Crippen molar-refractivity contribution in [3.05, 3.63) is 35.0 Å². The first-order valence-corrected chi connectivity index (χ1v) is 4.58. The Hall–Kier alpha value is -0.990. The van der Waals surface area contributed by atoms with Gasteiger partial charge >= 0.3 is 0 Å². The van der Waals surface area contributed by atoms with Crippen molar-refractivity contribution in [3.63, 3.8) is 0 Å². The fourth-order valence-corrected chi connectivity index (χ4v) is 1.61. The Morgan fingerprint density at radius 2 is 2.23 bits per heavy atom. The van der Waals surface area contributed by atoms with Crippen molar-refractivity contribution >= 4 is 22.5 Å². The summed E-state index contributed by atoms with van der Waals surface area (Å²) in [5.41, 5.74) is 7.92. The molecule has 68 valence electrons. The second kappa shape index (κ2) is 3.05. The van der Waals surface area contributed by atoms with Crippen LogP contribution in [0.15, 0.2) is 24.4 Å². The Bertz CT molecular complexity index is 431. The highest BCUT2D eigenvalue weighted by Crippen LogP contribution is 2.24. The predicted octanol–water partition coefficient (Wildman–Crippen LogP) is 2.84. The highest BCUT2D eigenvalue weighted by Gasteiger charge is 2.04. The van der Waals surface area contributed by atoms with Crippen molar-refractivity contribution in [3.8, 4) is 0 Å². The van der Waals surface area contributed by atoms with Crippen LogP contribution >= 0.6 is 11.6 Å². The van der Waals surface area contributed by atoms with Crippen molar-refractivity contribution < 1.29 is 0 Å². The maximum atomic E-state index is 5.94. The molecule has 0 aliphatic carbocycles. The van der Waals surface area contributed by atoms with Gasteiger partial charge in [0.2, 0.25) is 0 Å². The average Bonchev–Trinajstić information content (AvgIpc) is 2.47. The molecule has 0 saturated carbocycles. The lowest BCUT2D eigenvalue weighted by Gasteiger charge is -2.04. The fourth-order valence-electron chi connectivity index (χ4n) is 1.39. The third-order valence-corrected chi connectivity index (χ3v) is 2.49. The molecule has 13 heavy (non-hydrogen) atoms. The first-order valence-electron chi connectivity index (χ1n) is 4.20. The van der Waals surface area contributed by atoms with E-state index in [1.807, 2.05) is 25.1 Å². The summed E-state index contributed by atoms with van der Waals surface area (Å²) in [5.74, 6) is 0. The van der Waals surface area contributed by atoms with E-state index in [0.717, 1.165) is 21.5 Å². The molecule has 0 amide bonds. The summed E-state index contributed by atoms with van der Waals surface area (Å²) in [5, 5.41) is 1.80. The second-order valence-corrected chi connectivity index (χ2v) is 3.64. The fraction of sp³-hybridized carbons (Fsp3) is 0.200. The van der Waals surface area contributed by atoms with E-state index < -0.39 is 0 Å². The lowest BCUT2D eigenvalue weighted by molar-refractivity contribution is 0.820.